The highest BCUT2D eigenvalue weighted by molar-refractivity contribution is 5.72. The topological polar surface area (TPSA) is 86.1 Å². The largest absolute Gasteiger partial charge is 0.481 e. The maximum atomic E-state index is 10.6. The summed E-state index contributed by atoms with van der Waals surface area (Å²) in [4.78, 5) is 13.2. The van der Waals surface area contributed by atoms with Gasteiger partial charge in [-0.15, -0.1) is 0 Å². The van der Waals surface area contributed by atoms with Crippen molar-refractivity contribution in [3.8, 4) is 0 Å². The van der Waals surface area contributed by atoms with Crippen molar-refractivity contribution >= 4 is 12.0 Å². The Labute approximate surface area is 92.7 Å². The second kappa shape index (κ2) is 6.27. The van der Waals surface area contributed by atoms with Crippen LogP contribution < -0.4 is 0 Å². The summed E-state index contributed by atoms with van der Waals surface area (Å²) < 4.78 is 0. The molecule has 5 heteroatoms. The molecule has 0 fully saturated rings. The van der Waals surface area contributed by atoms with Gasteiger partial charge in [0.2, 0.25) is 0 Å². The number of carboxylic acids is 1. The number of hydrogen-bond donors (Lipinski definition) is 1. The van der Waals surface area contributed by atoms with Gasteiger partial charge in [0, 0.05) is 11.5 Å². The van der Waals surface area contributed by atoms with Crippen molar-refractivity contribution in [3.63, 3.8) is 0 Å². The number of carbonyl (C=O) groups is 1. The highest BCUT2D eigenvalue weighted by atomic mass is 16.4. The quantitative estimate of drug-likeness (QED) is 0.467. The summed E-state index contributed by atoms with van der Waals surface area (Å²) in [6, 6.07) is 7.22. The molecule has 0 heterocycles. The summed E-state index contributed by atoms with van der Waals surface area (Å²) in [6.45, 7) is 0.262. The van der Waals surface area contributed by atoms with Crippen molar-refractivity contribution in [1.29, 1.82) is 0 Å². The van der Waals surface area contributed by atoms with E-state index in [2.05, 4.69) is 10.0 Å². The molecule has 0 unspecified atom stereocenters. The van der Waals surface area contributed by atoms with E-state index in [9.17, 15) is 4.79 Å². The van der Waals surface area contributed by atoms with Gasteiger partial charge in [0.05, 0.1) is 6.42 Å². The van der Waals surface area contributed by atoms with E-state index in [1.807, 2.05) is 12.1 Å². The molecule has 0 bridgehead atoms. The second-order valence-corrected chi connectivity index (χ2v) is 3.09. The Balaban J connectivity index is 2.81. The Morgan fingerprint density at radius 3 is 2.94 bits per heavy atom. The first-order valence-electron chi connectivity index (χ1n) is 4.71. The molecule has 1 aromatic rings. The minimum absolute atomic E-state index is 0.0119. The molecular weight excluding hydrogens is 206 g/mol. The van der Waals surface area contributed by atoms with Crippen LogP contribution >= 0.6 is 0 Å². The number of aliphatic carboxylic acids is 1. The molecule has 0 aromatic heterocycles. The standard InChI is InChI=1S/C11H11N3O2/c12-14-13-7-3-6-9-4-1-2-5-10(9)8-11(15)16/h1-6H,7-8H2,(H,15,16). The Kier molecular flexibility index (Phi) is 4.63. The van der Waals surface area contributed by atoms with Gasteiger partial charge in [-0.05, 0) is 16.7 Å². The van der Waals surface area contributed by atoms with Crippen LogP contribution in [0.5, 0.6) is 0 Å². The van der Waals surface area contributed by atoms with E-state index < -0.39 is 5.97 Å². The molecule has 0 amide bonds. The van der Waals surface area contributed by atoms with Crippen LogP contribution in [-0.4, -0.2) is 17.6 Å². The summed E-state index contributed by atoms with van der Waals surface area (Å²) in [7, 11) is 0. The Morgan fingerprint density at radius 2 is 2.25 bits per heavy atom. The molecule has 0 atom stereocenters. The van der Waals surface area contributed by atoms with Gasteiger partial charge in [-0.3, -0.25) is 4.79 Å². The van der Waals surface area contributed by atoms with Crippen LogP contribution in [0.3, 0.4) is 0 Å². The first-order chi connectivity index (χ1) is 7.74. The van der Waals surface area contributed by atoms with E-state index in [0.717, 1.165) is 11.1 Å². The molecule has 1 N–H and O–H groups in total. The zero-order chi connectivity index (χ0) is 11.8. The lowest BCUT2D eigenvalue weighted by molar-refractivity contribution is -0.136. The molecule has 82 valence electrons. The Bertz CT molecular complexity index is 448. The molecule has 0 saturated carbocycles. The second-order valence-electron chi connectivity index (χ2n) is 3.09. The van der Waals surface area contributed by atoms with Gasteiger partial charge >= 0.3 is 5.97 Å². The normalized spacial score (nSPS) is 10.0. The van der Waals surface area contributed by atoms with Crippen molar-refractivity contribution < 1.29 is 9.90 Å². The third-order valence-electron chi connectivity index (χ3n) is 1.94. The summed E-state index contributed by atoms with van der Waals surface area (Å²) in [5, 5.41) is 12.1. The van der Waals surface area contributed by atoms with Gasteiger partial charge in [0.15, 0.2) is 0 Å². The molecule has 1 aromatic carbocycles. The van der Waals surface area contributed by atoms with E-state index in [0.29, 0.717) is 0 Å². The average Bonchev–Trinajstić information content (AvgIpc) is 2.26. The number of nitrogens with zero attached hydrogens (tertiary/aromatic N) is 3. The monoisotopic (exact) mass is 217 g/mol. The zero-order valence-electron chi connectivity index (χ0n) is 8.58. The van der Waals surface area contributed by atoms with Gasteiger partial charge in [-0.1, -0.05) is 41.5 Å². The van der Waals surface area contributed by atoms with Crippen molar-refractivity contribution in [2.75, 3.05) is 6.54 Å². The lowest BCUT2D eigenvalue weighted by atomic mass is 10.0. The van der Waals surface area contributed by atoms with Crippen molar-refractivity contribution in [1.82, 2.24) is 0 Å². The summed E-state index contributed by atoms with van der Waals surface area (Å²) >= 11 is 0. The lowest BCUT2D eigenvalue weighted by Gasteiger charge is -2.01. The Hall–Kier alpha value is -2.26. The maximum absolute atomic E-state index is 10.6. The summed E-state index contributed by atoms with van der Waals surface area (Å²) in [5.41, 5.74) is 9.66. The fourth-order valence-corrected chi connectivity index (χ4v) is 1.28. The highest BCUT2D eigenvalue weighted by Gasteiger charge is 2.03. The minimum atomic E-state index is -0.865. The average molecular weight is 217 g/mol. The first-order valence-corrected chi connectivity index (χ1v) is 4.71. The molecule has 0 aliphatic carbocycles. The molecular formula is C11H11N3O2. The molecule has 0 radical (unpaired) electrons. The van der Waals surface area contributed by atoms with E-state index in [1.54, 1.807) is 24.3 Å². The van der Waals surface area contributed by atoms with Crippen molar-refractivity contribution in [2.45, 2.75) is 6.42 Å². The third-order valence-corrected chi connectivity index (χ3v) is 1.94. The van der Waals surface area contributed by atoms with Gasteiger partial charge in [0.1, 0.15) is 0 Å². The van der Waals surface area contributed by atoms with Crippen LogP contribution in [0.4, 0.5) is 0 Å². The van der Waals surface area contributed by atoms with Crippen LogP contribution in [0.15, 0.2) is 35.5 Å². The smallest absolute Gasteiger partial charge is 0.307 e. The minimum Gasteiger partial charge on any atom is -0.481 e. The number of carboxylic acid groups (broad SMARTS) is 1. The predicted octanol–water partition coefficient (Wildman–Crippen LogP) is 2.64. The number of hydrogen-bond acceptors (Lipinski definition) is 2. The van der Waals surface area contributed by atoms with Gasteiger partial charge in [0.25, 0.3) is 0 Å². The predicted molar refractivity (Wildman–Crippen MR) is 60.8 cm³/mol. The van der Waals surface area contributed by atoms with E-state index >= 15 is 0 Å². The molecule has 5 nitrogen and oxygen atoms in total. The summed E-state index contributed by atoms with van der Waals surface area (Å²) in [5.74, 6) is -0.865. The van der Waals surface area contributed by atoms with Crippen molar-refractivity contribution in [3.05, 3.63) is 51.9 Å². The van der Waals surface area contributed by atoms with Crippen LogP contribution in [0.1, 0.15) is 11.1 Å². The fourth-order valence-electron chi connectivity index (χ4n) is 1.28. The highest BCUT2D eigenvalue weighted by Crippen LogP contribution is 2.11. The molecule has 1 rings (SSSR count). The van der Waals surface area contributed by atoms with Crippen LogP contribution in [-0.2, 0) is 11.2 Å². The number of azide groups is 1. The Morgan fingerprint density at radius 1 is 1.50 bits per heavy atom. The molecule has 0 aliphatic heterocycles. The van der Waals surface area contributed by atoms with Crippen LogP contribution in [0.2, 0.25) is 0 Å². The van der Waals surface area contributed by atoms with Crippen LogP contribution in [0.25, 0.3) is 16.5 Å². The number of benzene rings is 1. The third kappa shape index (κ3) is 3.86. The van der Waals surface area contributed by atoms with Gasteiger partial charge in [-0.25, -0.2) is 0 Å². The molecule has 0 spiro atoms. The zero-order valence-corrected chi connectivity index (χ0v) is 8.58. The van der Waals surface area contributed by atoms with E-state index in [-0.39, 0.29) is 13.0 Å². The first kappa shape index (κ1) is 11.8. The lowest BCUT2D eigenvalue weighted by Crippen LogP contribution is -2.01. The molecule has 0 aliphatic rings. The SMILES string of the molecule is [N-]=[N+]=NCC=Cc1ccccc1CC(=O)O. The summed E-state index contributed by atoms with van der Waals surface area (Å²) in [6.07, 6.45) is 3.44. The number of rotatable bonds is 5. The van der Waals surface area contributed by atoms with Crippen molar-refractivity contribution in [2.24, 2.45) is 5.11 Å². The van der Waals surface area contributed by atoms with E-state index in [4.69, 9.17) is 10.6 Å². The van der Waals surface area contributed by atoms with Crippen LogP contribution in [0, 0.1) is 0 Å². The fraction of sp³-hybridized carbons (Fsp3) is 0.182. The molecule has 0 saturated heterocycles. The van der Waals surface area contributed by atoms with E-state index in [1.165, 1.54) is 0 Å². The maximum Gasteiger partial charge on any atom is 0.307 e. The molecule has 16 heavy (non-hydrogen) atoms. The van der Waals surface area contributed by atoms with Gasteiger partial charge < -0.3 is 5.11 Å². The van der Waals surface area contributed by atoms with Gasteiger partial charge in [-0.2, -0.15) is 0 Å².